The van der Waals surface area contributed by atoms with E-state index in [0.29, 0.717) is 23.4 Å². The van der Waals surface area contributed by atoms with Crippen molar-refractivity contribution in [2.24, 2.45) is 0 Å². The maximum absolute atomic E-state index is 5.62. The van der Waals surface area contributed by atoms with Crippen molar-refractivity contribution in [1.82, 2.24) is 10.1 Å². The largest absolute Gasteiger partial charge is 0.517 e. The van der Waals surface area contributed by atoms with E-state index in [4.69, 9.17) is 9.26 Å². The molecule has 0 aliphatic heterocycles. The Morgan fingerprint density at radius 2 is 2.08 bits per heavy atom. The minimum atomic E-state index is 0. The van der Waals surface area contributed by atoms with Crippen LogP contribution in [0.25, 0.3) is 22.8 Å². The third-order valence-corrected chi connectivity index (χ3v) is 4.63. The summed E-state index contributed by atoms with van der Waals surface area (Å²) in [5, 5.41) is 4.20. The van der Waals surface area contributed by atoms with Crippen LogP contribution in [0.1, 0.15) is 44.2 Å². The van der Waals surface area contributed by atoms with E-state index in [1.165, 1.54) is 17.5 Å². The van der Waals surface area contributed by atoms with Crippen molar-refractivity contribution in [2.45, 2.75) is 45.6 Å². The summed E-state index contributed by atoms with van der Waals surface area (Å²) in [6.45, 7) is 6.25. The Balaban J connectivity index is 0.00000196. The fraction of sp³-hybridized carbons (Fsp3) is 0.333. The molecule has 131 valence electrons. The molecule has 1 unspecified atom stereocenters. The molecular weight excluding hydrogens is 401 g/mol. The van der Waals surface area contributed by atoms with Crippen LogP contribution < -0.4 is 4.74 Å². The van der Waals surface area contributed by atoms with E-state index in [9.17, 15) is 0 Å². The number of fused-ring (bicyclic) bond motifs is 1. The summed E-state index contributed by atoms with van der Waals surface area (Å²) in [6, 6.07) is 15.1. The molecule has 0 amide bonds. The molecule has 1 aliphatic rings. The molecule has 0 bridgehead atoms. The van der Waals surface area contributed by atoms with Crippen LogP contribution in [0.3, 0.4) is 0 Å². The van der Waals surface area contributed by atoms with Crippen molar-refractivity contribution in [3.05, 3.63) is 53.6 Å². The summed E-state index contributed by atoms with van der Waals surface area (Å²) >= 11 is 0. The number of hydrogen-bond donors (Lipinski definition) is 0. The zero-order valence-electron chi connectivity index (χ0n) is 15.3. The Bertz CT molecular complexity index is 887. The van der Waals surface area contributed by atoms with Gasteiger partial charge >= 0.3 is 0 Å². The second-order valence-corrected chi connectivity index (χ2v) is 6.84. The second kappa shape index (κ2) is 8.02. The van der Waals surface area contributed by atoms with Crippen LogP contribution in [-0.2, 0) is 39.1 Å². The summed E-state index contributed by atoms with van der Waals surface area (Å²) in [6.07, 6.45) is 2.38. The smallest absolute Gasteiger partial charge is 0.202 e. The average Bonchev–Trinajstić information content (AvgIpc) is 3.23. The van der Waals surface area contributed by atoms with Crippen LogP contribution in [0.5, 0.6) is 5.75 Å². The summed E-state index contributed by atoms with van der Waals surface area (Å²) in [4.78, 5) is 4.61. The van der Waals surface area contributed by atoms with Crippen LogP contribution in [-0.4, -0.2) is 16.2 Å². The van der Waals surface area contributed by atoms with Crippen LogP contribution in [0.15, 0.2) is 40.9 Å². The Kier molecular flexibility index (Phi) is 5.94. The van der Waals surface area contributed by atoms with Gasteiger partial charge in [0.15, 0.2) is 0 Å². The molecule has 4 nitrogen and oxygen atoms in total. The topological polar surface area (TPSA) is 48.2 Å². The van der Waals surface area contributed by atoms with E-state index in [-0.39, 0.29) is 38.8 Å². The van der Waals surface area contributed by atoms with Gasteiger partial charge in [-0.1, -0.05) is 35.8 Å². The molecule has 1 radical (unpaired) electrons. The summed E-state index contributed by atoms with van der Waals surface area (Å²) < 4.78 is 11.1. The molecule has 1 atom stereocenters. The Morgan fingerprint density at radius 3 is 2.81 bits per heavy atom. The van der Waals surface area contributed by atoms with Crippen LogP contribution in [0.4, 0.5) is 0 Å². The van der Waals surface area contributed by atoms with Crippen molar-refractivity contribution >= 4 is 0 Å². The second-order valence-electron chi connectivity index (χ2n) is 6.84. The molecule has 0 spiro atoms. The van der Waals surface area contributed by atoms with Crippen molar-refractivity contribution in [2.75, 3.05) is 0 Å². The van der Waals surface area contributed by atoms with E-state index in [0.717, 1.165) is 17.5 Å². The van der Waals surface area contributed by atoms with Gasteiger partial charge in [0.25, 0.3) is 0 Å². The predicted octanol–water partition coefficient (Wildman–Crippen LogP) is 5.04. The first-order valence-corrected chi connectivity index (χ1v) is 8.76. The zero-order chi connectivity index (χ0) is 17.4. The van der Waals surface area contributed by atoms with Gasteiger partial charge in [0, 0.05) is 44.0 Å². The number of nitrogens with zero attached hydrogens (tertiary/aromatic N) is 2. The van der Waals surface area contributed by atoms with Crippen molar-refractivity contribution in [3.63, 3.8) is 0 Å². The summed E-state index contributed by atoms with van der Waals surface area (Å²) in [5.74, 6) is 2.48. The molecule has 1 heterocycles. The molecule has 5 heteroatoms. The van der Waals surface area contributed by atoms with E-state index in [1.54, 1.807) is 0 Å². The first-order valence-electron chi connectivity index (χ1n) is 8.76. The minimum absolute atomic E-state index is 0. The molecule has 1 aliphatic carbocycles. The fourth-order valence-corrected chi connectivity index (χ4v) is 3.39. The van der Waals surface area contributed by atoms with Gasteiger partial charge < -0.3 is 9.26 Å². The van der Waals surface area contributed by atoms with Gasteiger partial charge in [-0.15, -0.1) is 12.1 Å². The number of aromatic nitrogens is 2. The van der Waals surface area contributed by atoms with Crippen molar-refractivity contribution in [3.8, 4) is 28.6 Å². The van der Waals surface area contributed by atoms with Gasteiger partial charge in [-0.3, -0.25) is 0 Å². The molecule has 0 saturated heterocycles. The van der Waals surface area contributed by atoms with Crippen molar-refractivity contribution < 1.29 is 42.0 Å². The fourth-order valence-electron chi connectivity index (χ4n) is 3.39. The first kappa shape index (κ1) is 19.3. The maximum Gasteiger partial charge on any atom is 0.202 e. The third kappa shape index (κ3) is 3.77. The zero-order valence-corrected chi connectivity index (χ0v) is 18.2. The Hall–Kier alpha value is -1.52. The molecule has 0 fully saturated rings. The minimum Gasteiger partial charge on any atom is -0.517 e. The van der Waals surface area contributed by atoms with Crippen LogP contribution >= 0.6 is 0 Å². The molecule has 2 aromatic carbocycles. The van der Waals surface area contributed by atoms with Gasteiger partial charge in [-0.2, -0.15) is 17.1 Å². The summed E-state index contributed by atoms with van der Waals surface area (Å²) in [5.41, 5.74) is 4.69. The van der Waals surface area contributed by atoms with E-state index < -0.39 is 0 Å². The quantitative estimate of drug-likeness (QED) is 0.553. The van der Waals surface area contributed by atoms with Crippen LogP contribution in [0, 0.1) is 6.07 Å². The summed E-state index contributed by atoms with van der Waals surface area (Å²) in [7, 11) is 0. The normalized spacial score (nSPS) is 15.6. The molecule has 0 saturated carbocycles. The molecule has 4 rings (SSSR count). The first-order chi connectivity index (χ1) is 12.1. The monoisotopic (exact) mass is 422 g/mol. The van der Waals surface area contributed by atoms with E-state index in [2.05, 4.69) is 41.3 Å². The number of rotatable bonds is 4. The van der Waals surface area contributed by atoms with Gasteiger partial charge in [-0.05, 0) is 43.7 Å². The van der Waals surface area contributed by atoms with Gasteiger partial charge in [-0.25, -0.2) is 0 Å². The number of hydrogen-bond acceptors (Lipinski definition) is 4. The van der Waals surface area contributed by atoms with Gasteiger partial charge in [0.1, 0.15) is 0 Å². The standard InChI is InChI=1S/C21H21N2O2.Y/c1-13(2)24-16-10-8-15(9-11-16)21-22-20(23-25-21)19-6-4-5-17-14(3)7-12-18(17)19;/h4-6,8-10,13-14H,7,12H2,1-3H3;/q-1;. The Morgan fingerprint density at radius 1 is 1.23 bits per heavy atom. The van der Waals surface area contributed by atoms with E-state index >= 15 is 0 Å². The van der Waals surface area contributed by atoms with Crippen LogP contribution in [0.2, 0.25) is 0 Å². The number of benzene rings is 2. The molecule has 1 aromatic heterocycles. The molecular formula is C21H21N2O2Y-. The van der Waals surface area contributed by atoms with Gasteiger partial charge in [0.05, 0.1) is 6.10 Å². The Labute approximate surface area is 179 Å². The average molecular weight is 422 g/mol. The number of ether oxygens (including phenoxy) is 1. The predicted molar refractivity (Wildman–Crippen MR) is 96.5 cm³/mol. The maximum atomic E-state index is 5.62. The van der Waals surface area contributed by atoms with E-state index in [1.807, 2.05) is 32.0 Å². The SMILES string of the molecule is CC(C)Oc1[c-]cc(-c2nc(-c3cccc4c3CCC4C)no2)cc1.[Y]. The van der Waals surface area contributed by atoms with Gasteiger partial charge in [0.2, 0.25) is 11.7 Å². The molecule has 0 N–H and O–H groups in total. The molecule has 3 aromatic rings. The third-order valence-electron chi connectivity index (χ3n) is 4.63. The van der Waals surface area contributed by atoms with Crippen molar-refractivity contribution in [1.29, 1.82) is 0 Å². The molecule has 26 heavy (non-hydrogen) atoms.